The standard InChI is InChI=1S/C18H30N4O/c1-3-19-18(22-12-6-7-13-22)20-14-16(21-10-4-5-11-21)17-9-8-15(2)23-17/h8-9,16H,3-7,10-14H2,1-2H3,(H,19,20). The molecule has 2 saturated heterocycles. The van der Waals surface area contributed by atoms with Crippen LogP contribution in [-0.4, -0.2) is 55.0 Å². The molecule has 1 unspecified atom stereocenters. The third-order valence-corrected chi connectivity index (χ3v) is 4.83. The molecule has 0 saturated carbocycles. The van der Waals surface area contributed by atoms with Gasteiger partial charge in [-0.2, -0.15) is 0 Å². The first-order valence-corrected chi connectivity index (χ1v) is 9.11. The maximum atomic E-state index is 5.93. The van der Waals surface area contributed by atoms with Gasteiger partial charge in [0, 0.05) is 19.6 Å². The summed E-state index contributed by atoms with van der Waals surface area (Å²) in [6.45, 7) is 10.4. The van der Waals surface area contributed by atoms with E-state index in [2.05, 4.69) is 34.2 Å². The molecule has 0 radical (unpaired) electrons. The van der Waals surface area contributed by atoms with Gasteiger partial charge in [-0.1, -0.05) is 0 Å². The Balaban J connectivity index is 1.74. The zero-order valence-corrected chi connectivity index (χ0v) is 14.6. The van der Waals surface area contributed by atoms with Crippen molar-refractivity contribution in [3.63, 3.8) is 0 Å². The lowest BCUT2D eigenvalue weighted by Crippen LogP contribution is -2.40. The SMILES string of the molecule is CCNC(=NCC(c1ccc(C)o1)N1CCCC1)N1CCCC1. The first-order chi connectivity index (χ1) is 11.3. The molecule has 0 spiro atoms. The molecule has 1 aromatic heterocycles. The quantitative estimate of drug-likeness (QED) is 0.670. The molecule has 3 heterocycles. The number of nitrogens with one attached hydrogen (secondary N) is 1. The predicted molar refractivity (Wildman–Crippen MR) is 93.8 cm³/mol. The van der Waals surface area contributed by atoms with Crippen LogP contribution in [0.25, 0.3) is 0 Å². The van der Waals surface area contributed by atoms with E-state index >= 15 is 0 Å². The molecule has 23 heavy (non-hydrogen) atoms. The van der Waals surface area contributed by atoms with Crippen LogP contribution in [0.5, 0.6) is 0 Å². The molecule has 128 valence electrons. The van der Waals surface area contributed by atoms with Crippen LogP contribution in [0.4, 0.5) is 0 Å². The van der Waals surface area contributed by atoms with Gasteiger partial charge in [0.25, 0.3) is 0 Å². The van der Waals surface area contributed by atoms with E-state index in [1.165, 1.54) is 25.7 Å². The van der Waals surface area contributed by atoms with E-state index in [9.17, 15) is 0 Å². The fourth-order valence-corrected chi connectivity index (χ4v) is 3.60. The van der Waals surface area contributed by atoms with Gasteiger partial charge in [-0.15, -0.1) is 0 Å². The molecule has 2 fully saturated rings. The second-order valence-corrected chi connectivity index (χ2v) is 6.60. The van der Waals surface area contributed by atoms with Crippen molar-refractivity contribution in [2.24, 2.45) is 4.99 Å². The van der Waals surface area contributed by atoms with Crippen LogP contribution < -0.4 is 5.32 Å². The van der Waals surface area contributed by atoms with Crippen LogP contribution >= 0.6 is 0 Å². The number of furan rings is 1. The highest BCUT2D eigenvalue weighted by Crippen LogP contribution is 2.27. The smallest absolute Gasteiger partial charge is 0.193 e. The van der Waals surface area contributed by atoms with Gasteiger partial charge in [0.2, 0.25) is 0 Å². The minimum Gasteiger partial charge on any atom is -0.465 e. The lowest BCUT2D eigenvalue weighted by molar-refractivity contribution is 0.218. The topological polar surface area (TPSA) is 44.0 Å². The van der Waals surface area contributed by atoms with Crippen molar-refractivity contribution >= 4 is 5.96 Å². The van der Waals surface area contributed by atoms with E-state index in [1.807, 2.05) is 6.92 Å². The van der Waals surface area contributed by atoms with E-state index < -0.39 is 0 Å². The Morgan fingerprint density at radius 2 is 1.87 bits per heavy atom. The van der Waals surface area contributed by atoms with Crippen molar-refractivity contribution in [1.29, 1.82) is 0 Å². The number of hydrogen-bond acceptors (Lipinski definition) is 3. The molecule has 0 aromatic carbocycles. The second kappa shape index (κ2) is 7.86. The van der Waals surface area contributed by atoms with Crippen LogP contribution in [-0.2, 0) is 0 Å². The van der Waals surface area contributed by atoms with E-state index in [1.54, 1.807) is 0 Å². The summed E-state index contributed by atoms with van der Waals surface area (Å²) in [5.41, 5.74) is 0. The van der Waals surface area contributed by atoms with Crippen molar-refractivity contribution < 1.29 is 4.42 Å². The van der Waals surface area contributed by atoms with Crippen LogP contribution in [0.1, 0.15) is 50.2 Å². The van der Waals surface area contributed by atoms with E-state index in [-0.39, 0.29) is 6.04 Å². The van der Waals surface area contributed by atoms with Crippen LogP contribution in [0.3, 0.4) is 0 Å². The monoisotopic (exact) mass is 318 g/mol. The third-order valence-electron chi connectivity index (χ3n) is 4.83. The number of rotatable bonds is 5. The van der Waals surface area contributed by atoms with Gasteiger partial charge in [0.1, 0.15) is 11.5 Å². The normalized spacial score (nSPS) is 21.1. The lowest BCUT2D eigenvalue weighted by atomic mass is 10.2. The molecular weight excluding hydrogens is 288 g/mol. The van der Waals surface area contributed by atoms with E-state index in [0.717, 1.165) is 56.7 Å². The Bertz CT molecular complexity index is 513. The van der Waals surface area contributed by atoms with E-state index in [0.29, 0.717) is 0 Å². The molecule has 2 aliphatic heterocycles. The minimum absolute atomic E-state index is 0.266. The first kappa shape index (κ1) is 16.4. The summed E-state index contributed by atoms with van der Waals surface area (Å²) in [5, 5.41) is 3.45. The van der Waals surface area contributed by atoms with Crippen LogP contribution in [0.15, 0.2) is 21.5 Å². The predicted octanol–water partition coefficient (Wildman–Crippen LogP) is 2.79. The van der Waals surface area contributed by atoms with Crippen molar-refractivity contribution in [3.8, 4) is 0 Å². The maximum absolute atomic E-state index is 5.93. The Morgan fingerprint density at radius 3 is 2.48 bits per heavy atom. The highest BCUT2D eigenvalue weighted by atomic mass is 16.3. The molecule has 1 atom stereocenters. The number of aryl methyl sites for hydroxylation is 1. The van der Waals surface area contributed by atoms with Crippen molar-refractivity contribution in [2.75, 3.05) is 39.3 Å². The molecule has 0 aliphatic carbocycles. The van der Waals surface area contributed by atoms with E-state index in [4.69, 9.17) is 9.41 Å². The largest absolute Gasteiger partial charge is 0.465 e. The molecule has 0 bridgehead atoms. The summed E-state index contributed by atoms with van der Waals surface area (Å²) >= 11 is 0. The molecule has 5 heteroatoms. The first-order valence-electron chi connectivity index (χ1n) is 9.11. The average molecular weight is 318 g/mol. The van der Waals surface area contributed by atoms with Crippen molar-refractivity contribution in [3.05, 3.63) is 23.7 Å². The molecule has 0 amide bonds. The van der Waals surface area contributed by atoms with Crippen molar-refractivity contribution in [2.45, 2.75) is 45.6 Å². The highest BCUT2D eigenvalue weighted by molar-refractivity contribution is 5.80. The molecule has 3 rings (SSSR count). The molecule has 2 aliphatic rings. The summed E-state index contributed by atoms with van der Waals surface area (Å²) in [4.78, 5) is 9.87. The summed E-state index contributed by atoms with van der Waals surface area (Å²) in [7, 11) is 0. The van der Waals surface area contributed by atoms with Gasteiger partial charge >= 0.3 is 0 Å². The number of hydrogen-bond donors (Lipinski definition) is 1. The zero-order valence-electron chi connectivity index (χ0n) is 14.6. The Kier molecular flexibility index (Phi) is 5.60. The Morgan fingerprint density at radius 1 is 1.17 bits per heavy atom. The second-order valence-electron chi connectivity index (χ2n) is 6.60. The van der Waals surface area contributed by atoms with Gasteiger partial charge in [0.05, 0.1) is 12.6 Å². The maximum Gasteiger partial charge on any atom is 0.193 e. The Hall–Kier alpha value is -1.49. The van der Waals surface area contributed by atoms with Gasteiger partial charge in [0.15, 0.2) is 5.96 Å². The summed E-state index contributed by atoms with van der Waals surface area (Å²) in [6, 6.07) is 4.45. The summed E-state index contributed by atoms with van der Waals surface area (Å²) in [5.74, 6) is 3.11. The molecule has 1 N–H and O–H groups in total. The number of likely N-dealkylation sites (tertiary alicyclic amines) is 2. The Labute approximate surface area is 139 Å². The number of guanidine groups is 1. The summed E-state index contributed by atoms with van der Waals surface area (Å²) in [6.07, 6.45) is 5.12. The minimum atomic E-state index is 0.266. The lowest BCUT2D eigenvalue weighted by Gasteiger charge is -2.26. The van der Waals surface area contributed by atoms with Gasteiger partial charge in [-0.3, -0.25) is 9.89 Å². The van der Waals surface area contributed by atoms with Gasteiger partial charge in [-0.25, -0.2) is 0 Å². The average Bonchev–Trinajstić information content (AvgIpc) is 3.29. The fourth-order valence-electron chi connectivity index (χ4n) is 3.60. The summed E-state index contributed by atoms with van der Waals surface area (Å²) < 4.78 is 5.93. The highest BCUT2D eigenvalue weighted by Gasteiger charge is 2.26. The van der Waals surface area contributed by atoms with Crippen molar-refractivity contribution in [1.82, 2.24) is 15.1 Å². The van der Waals surface area contributed by atoms with Crippen LogP contribution in [0.2, 0.25) is 0 Å². The number of aliphatic imine (C=N–C) groups is 1. The fraction of sp³-hybridized carbons (Fsp3) is 0.722. The van der Waals surface area contributed by atoms with Gasteiger partial charge < -0.3 is 14.6 Å². The third kappa shape index (κ3) is 4.08. The molecule has 5 nitrogen and oxygen atoms in total. The van der Waals surface area contributed by atoms with Gasteiger partial charge in [-0.05, 0) is 64.8 Å². The molecule has 1 aromatic rings. The molecular formula is C18H30N4O. The number of nitrogens with zero attached hydrogens (tertiary/aromatic N) is 3. The zero-order chi connectivity index (χ0) is 16.1. The van der Waals surface area contributed by atoms with Crippen LogP contribution in [0, 0.1) is 6.92 Å².